The van der Waals surface area contributed by atoms with E-state index < -0.39 is 10.0 Å². The molecule has 0 aromatic heterocycles. The first-order chi connectivity index (χ1) is 16.8. The smallest absolute Gasteiger partial charge is 0.321 e. The summed E-state index contributed by atoms with van der Waals surface area (Å²) in [5.74, 6) is -0.361. The van der Waals surface area contributed by atoms with Gasteiger partial charge in [-0.25, -0.2) is 17.6 Å². The number of urea groups is 1. The Hall–Kier alpha value is -2.98. The minimum atomic E-state index is -3.52. The minimum Gasteiger partial charge on any atom is -0.352 e. The molecule has 2 aromatic rings. The number of nitrogens with zero attached hydrogens (tertiary/aromatic N) is 2. The maximum Gasteiger partial charge on any atom is 0.321 e. The van der Waals surface area contributed by atoms with E-state index >= 15 is 0 Å². The SMILES string of the molecule is O=C(NCC1CCN(C(=O)Nc2ccc(F)cc2)CC1)c1ccc(S(=O)(=O)N2CCCCC2)cc1. The number of piperidine rings is 2. The summed E-state index contributed by atoms with van der Waals surface area (Å²) in [4.78, 5) is 26.9. The highest BCUT2D eigenvalue weighted by Crippen LogP contribution is 2.21. The van der Waals surface area contributed by atoms with Crippen molar-refractivity contribution >= 4 is 27.6 Å². The lowest BCUT2D eigenvalue weighted by atomic mass is 9.97. The molecule has 2 N–H and O–H groups in total. The zero-order valence-electron chi connectivity index (χ0n) is 19.6. The van der Waals surface area contributed by atoms with Crippen LogP contribution >= 0.6 is 0 Å². The largest absolute Gasteiger partial charge is 0.352 e. The minimum absolute atomic E-state index is 0.210. The molecule has 35 heavy (non-hydrogen) atoms. The summed E-state index contributed by atoms with van der Waals surface area (Å²) in [5.41, 5.74) is 0.958. The molecule has 0 atom stereocenters. The number of benzene rings is 2. The first-order valence-corrected chi connectivity index (χ1v) is 13.5. The van der Waals surface area contributed by atoms with Crippen molar-refractivity contribution in [3.8, 4) is 0 Å². The van der Waals surface area contributed by atoms with Crippen LogP contribution in [0.3, 0.4) is 0 Å². The molecule has 4 rings (SSSR count). The van der Waals surface area contributed by atoms with Crippen LogP contribution in [0, 0.1) is 11.7 Å². The lowest BCUT2D eigenvalue weighted by molar-refractivity contribution is 0.0938. The van der Waals surface area contributed by atoms with Gasteiger partial charge in [0.15, 0.2) is 0 Å². The van der Waals surface area contributed by atoms with Gasteiger partial charge in [-0.2, -0.15) is 4.31 Å². The van der Waals surface area contributed by atoms with Gasteiger partial charge in [0.1, 0.15) is 5.82 Å². The number of amides is 3. The summed E-state index contributed by atoms with van der Waals surface area (Å²) in [7, 11) is -3.52. The average Bonchev–Trinajstić information content (AvgIpc) is 2.89. The van der Waals surface area contributed by atoms with Crippen LogP contribution < -0.4 is 10.6 Å². The second-order valence-corrected chi connectivity index (χ2v) is 11.0. The molecule has 3 amide bonds. The Labute approximate surface area is 205 Å². The van der Waals surface area contributed by atoms with E-state index in [1.165, 1.54) is 40.7 Å². The van der Waals surface area contributed by atoms with Crippen LogP contribution in [0.15, 0.2) is 53.4 Å². The Kier molecular flexibility index (Phi) is 8.02. The van der Waals surface area contributed by atoms with E-state index in [4.69, 9.17) is 0 Å². The third-order valence-electron chi connectivity index (χ3n) is 6.62. The van der Waals surface area contributed by atoms with E-state index in [1.807, 2.05) is 0 Å². The molecule has 0 radical (unpaired) electrons. The second-order valence-electron chi connectivity index (χ2n) is 9.07. The van der Waals surface area contributed by atoms with Crippen LogP contribution in [0.2, 0.25) is 0 Å². The number of carbonyl (C=O) groups excluding carboxylic acids is 2. The van der Waals surface area contributed by atoms with Gasteiger partial charge in [0, 0.05) is 44.0 Å². The summed E-state index contributed by atoms with van der Waals surface area (Å²) in [6.07, 6.45) is 4.30. The molecule has 2 aliphatic rings. The standard InChI is InChI=1S/C25H31FN4O4S/c26-21-6-8-22(9-7-21)28-25(32)29-16-12-19(13-17-29)18-27-24(31)20-4-10-23(11-5-20)35(33,34)30-14-2-1-3-15-30/h4-11,19H,1-3,12-18H2,(H,27,31)(H,28,32). The predicted octanol–water partition coefficient (Wildman–Crippen LogP) is 3.67. The number of sulfonamides is 1. The van der Waals surface area contributed by atoms with Crippen LogP contribution in [0.1, 0.15) is 42.5 Å². The second kappa shape index (κ2) is 11.2. The van der Waals surface area contributed by atoms with E-state index in [2.05, 4.69) is 10.6 Å². The number of nitrogens with one attached hydrogen (secondary N) is 2. The molecule has 2 heterocycles. The highest BCUT2D eigenvalue weighted by atomic mass is 32.2. The molecule has 10 heteroatoms. The lowest BCUT2D eigenvalue weighted by Crippen LogP contribution is -2.43. The molecule has 2 aliphatic heterocycles. The van der Waals surface area contributed by atoms with Crippen molar-refractivity contribution in [3.05, 3.63) is 59.9 Å². The summed E-state index contributed by atoms with van der Waals surface area (Å²) in [6, 6.07) is 11.5. The number of likely N-dealkylation sites (tertiary alicyclic amines) is 1. The monoisotopic (exact) mass is 502 g/mol. The molecule has 0 spiro atoms. The molecule has 2 aromatic carbocycles. The highest BCUT2D eigenvalue weighted by molar-refractivity contribution is 7.89. The molecule has 2 fully saturated rings. The summed E-state index contributed by atoms with van der Waals surface area (Å²) >= 11 is 0. The third kappa shape index (κ3) is 6.37. The maximum atomic E-state index is 13.0. The Bertz CT molecular complexity index is 1130. The van der Waals surface area contributed by atoms with Gasteiger partial charge < -0.3 is 15.5 Å². The lowest BCUT2D eigenvalue weighted by Gasteiger charge is -2.32. The van der Waals surface area contributed by atoms with Crippen molar-refractivity contribution in [1.82, 2.24) is 14.5 Å². The zero-order valence-corrected chi connectivity index (χ0v) is 20.4. The van der Waals surface area contributed by atoms with Crippen LogP contribution in [0.4, 0.5) is 14.9 Å². The van der Waals surface area contributed by atoms with E-state index in [0.717, 1.165) is 32.1 Å². The number of halogens is 1. The van der Waals surface area contributed by atoms with E-state index in [0.29, 0.717) is 44.0 Å². The zero-order chi connectivity index (χ0) is 24.8. The van der Waals surface area contributed by atoms with Crippen molar-refractivity contribution < 1.29 is 22.4 Å². The molecule has 2 saturated heterocycles. The Morgan fingerprint density at radius 2 is 1.51 bits per heavy atom. The quantitative estimate of drug-likeness (QED) is 0.630. The summed E-state index contributed by atoms with van der Waals surface area (Å²) in [6.45, 7) is 2.70. The van der Waals surface area contributed by atoms with Crippen LogP contribution in [-0.4, -0.2) is 62.3 Å². The summed E-state index contributed by atoms with van der Waals surface area (Å²) in [5, 5.41) is 5.69. The van der Waals surface area contributed by atoms with Gasteiger partial charge in [0.25, 0.3) is 5.91 Å². The summed E-state index contributed by atoms with van der Waals surface area (Å²) < 4.78 is 40.1. The molecule has 0 aliphatic carbocycles. The van der Waals surface area contributed by atoms with E-state index in [1.54, 1.807) is 17.0 Å². The Balaban J connectivity index is 1.22. The number of hydrogen-bond acceptors (Lipinski definition) is 4. The van der Waals surface area contributed by atoms with Gasteiger partial charge in [-0.3, -0.25) is 4.79 Å². The Morgan fingerprint density at radius 3 is 2.14 bits per heavy atom. The predicted molar refractivity (Wildman–Crippen MR) is 131 cm³/mol. The molecule has 8 nitrogen and oxygen atoms in total. The third-order valence-corrected chi connectivity index (χ3v) is 8.53. The fraction of sp³-hybridized carbons (Fsp3) is 0.440. The van der Waals surface area contributed by atoms with Crippen LogP contribution in [-0.2, 0) is 10.0 Å². The van der Waals surface area contributed by atoms with E-state index in [9.17, 15) is 22.4 Å². The molecule has 0 bridgehead atoms. The van der Waals surface area contributed by atoms with Crippen molar-refractivity contribution in [2.45, 2.75) is 37.0 Å². The number of rotatable bonds is 6. The first-order valence-electron chi connectivity index (χ1n) is 12.0. The fourth-order valence-electron chi connectivity index (χ4n) is 4.45. The first kappa shape index (κ1) is 25.1. The van der Waals surface area contributed by atoms with Crippen molar-refractivity contribution in [3.63, 3.8) is 0 Å². The number of carbonyl (C=O) groups is 2. The highest BCUT2D eigenvalue weighted by Gasteiger charge is 2.26. The molecule has 0 saturated carbocycles. The van der Waals surface area contributed by atoms with Crippen LogP contribution in [0.5, 0.6) is 0 Å². The number of anilines is 1. The molecular formula is C25H31FN4O4S. The normalized spacial score (nSPS) is 17.7. The van der Waals surface area contributed by atoms with Gasteiger partial charge in [0.2, 0.25) is 10.0 Å². The van der Waals surface area contributed by atoms with E-state index in [-0.39, 0.29) is 28.6 Å². The average molecular weight is 503 g/mol. The fourth-order valence-corrected chi connectivity index (χ4v) is 5.96. The van der Waals surface area contributed by atoms with Crippen molar-refractivity contribution in [2.24, 2.45) is 5.92 Å². The van der Waals surface area contributed by atoms with Gasteiger partial charge in [-0.1, -0.05) is 6.42 Å². The van der Waals surface area contributed by atoms with Crippen LogP contribution in [0.25, 0.3) is 0 Å². The van der Waals surface area contributed by atoms with Crippen molar-refractivity contribution in [1.29, 1.82) is 0 Å². The maximum absolute atomic E-state index is 13.0. The molecule has 0 unspecified atom stereocenters. The van der Waals surface area contributed by atoms with Gasteiger partial charge in [0.05, 0.1) is 4.90 Å². The van der Waals surface area contributed by atoms with Gasteiger partial charge in [-0.05, 0) is 80.1 Å². The Morgan fingerprint density at radius 1 is 0.886 bits per heavy atom. The number of hydrogen-bond donors (Lipinski definition) is 2. The van der Waals surface area contributed by atoms with Crippen molar-refractivity contribution in [2.75, 3.05) is 38.0 Å². The van der Waals surface area contributed by atoms with Gasteiger partial charge in [-0.15, -0.1) is 0 Å². The van der Waals surface area contributed by atoms with Gasteiger partial charge >= 0.3 is 6.03 Å². The topological polar surface area (TPSA) is 98.8 Å². The molecular weight excluding hydrogens is 471 g/mol. The molecule has 188 valence electrons.